The first kappa shape index (κ1) is 15.6. The average Bonchev–Trinajstić information content (AvgIpc) is 3.25. The van der Waals surface area contributed by atoms with Crippen LogP contribution in [0.2, 0.25) is 0 Å². The smallest absolute Gasteiger partial charge is 0.284 e. The van der Waals surface area contributed by atoms with Crippen molar-refractivity contribution in [2.24, 2.45) is 0 Å². The van der Waals surface area contributed by atoms with Crippen molar-refractivity contribution in [2.75, 3.05) is 0 Å². The van der Waals surface area contributed by atoms with Crippen LogP contribution >= 0.6 is 11.8 Å². The van der Waals surface area contributed by atoms with Crippen molar-refractivity contribution >= 4 is 17.5 Å². The molecule has 0 N–H and O–H groups in total. The normalized spacial score (nSPS) is 12.3. The first-order valence-corrected chi connectivity index (χ1v) is 8.22. The van der Waals surface area contributed by atoms with Gasteiger partial charge in [-0.15, -0.1) is 10.2 Å². The molecule has 0 aliphatic rings. The number of aryl methyl sites for hydroxylation is 1. The Morgan fingerprint density at radius 2 is 2.00 bits per heavy atom. The van der Waals surface area contributed by atoms with Gasteiger partial charge in [-0.05, 0) is 31.0 Å². The van der Waals surface area contributed by atoms with E-state index in [1.165, 1.54) is 17.3 Å². The van der Waals surface area contributed by atoms with Crippen molar-refractivity contribution in [3.63, 3.8) is 0 Å². The molecule has 0 amide bonds. The quantitative estimate of drug-likeness (QED) is 0.497. The number of thioether (sulfide) groups is 1. The lowest BCUT2D eigenvalue weighted by atomic mass is 10.1. The molecular formula is C17H16N2O3S. The minimum Gasteiger partial charge on any atom is -0.459 e. The zero-order valence-corrected chi connectivity index (χ0v) is 13.7. The van der Waals surface area contributed by atoms with Gasteiger partial charge < -0.3 is 8.83 Å². The monoisotopic (exact) mass is 328 g/mol. The number of carbonyl (C=O) groups excluding carboxylic acids is 1. The van der Waals surface area contributed by atoms with Crippen LogP contribution in [0.3, 0.4) is 0 Å². The predicted molar refractivity (Wildman–Crippen MR) is 87.5 cm³/mol. The summed E-state index contributed by atoms with van der Waals surface area (Å²) in [6, 6.07) is 11.2. The predicted octanol–water partition coefficient (Wildman–Crippen LogP) is 4.26. The maximum absolute atomic E-state index is 12.5. The van der Waals surface area contributed by atoms with E-state index in [2.05, 4.69) is 17.1 Å². The average molecular weight is 328 g/mol. The second-order valence-electron chi connectivity index (χ2n) is 5.03. The van der Waals surface area contributed by atoms with E-state index in [0.717, 1.165) is 6.42 Å². The van der Waals surface area contributed by atoms with Crippen LogP contribution in [0.4, 0.5) is 0 Å². The number of rotatable bonds is 6. The molecule has 118 valence electrons. The molecule has 3 rings (SSSR count). The SMILES string of the molecule is CCc1ccc(C(=O)[C@H](C)Sc2nnc(-c3ccco3)o2)cc1. The van der Waals surface area contributed by atoms with Crippen LogP contribution < -0.4 is 0 Å². The van der Waals surface area contributed by atoms with E-state index in [1.807, 2.05) is 31.2 Å². The van der Waals surface area contributed by atoms with E-state index in [9.17, 15) is 4.79 Å². The first-order chi connectivity index (χ1) is 11.2. The van der Waals surface area contributed by atoms with Crippen LogP contribution in [-0.2, 0) is 6.42 Å². The Hall–Kier alpha value is -2.34. The number of carbonyl (C=O) groups is 1. The van der Waals surface area contributed by atoms with Crippen molar-refractivity contribution in [1.29, 1.82) is 0 Å². The van der Waals surface area contributed by atoms with Crippen LogP contribution in [0.5, 0.6) is 0 Å². The van der Waals surface area contributed by atoms with Gasteiger partial charge in [-0.1, -0.05) is 43.0 Å². The molecule has 2 aromatic heterocycles. The molecule has 0 unspecified atom stereocenters. The van der Waals surface area contributed by atoms with Gasteiger partial charge in [-0.3, -0.25) is 4.79 Å². The molecule has 0 fully saturated rings. The Balaban J connectivity index is 1.68. The minimum absolute atomic E-state index is 0.0374. The third kappa shape index (κ3) is 3.53. The molecule has 1 aromatic carbocycles. The summed E-state index contributed by atoms with van der Waals surface area (Å²) < 4.78 is 10.7. The molecule has 2 heterocycles. The van der Waals surface area contributed by atoms with Gasteiger partial charge in [-0.2, -0.15) is 0 Å². The fourth-order valence-corrected chi connectivity index (χ4v) is 2.86. The standard InChI is InChI=1S/C17H16N2O3S/c1-3-12-6-8-13(9-7-12)15(20)11(2)23-17-19-18-16(22-17)14-5-4-10-21-14/h4-11H,3H2,1-2H3/t11-/m0/s1. The first-order valence-electron chi connectivity index (χ1n) is 7.34. The highest BCUT2D eigenvalue weighted by atomic mass is 32.2. The lowest BCUT2D eigenvalue weighted by Gasteiger charge is -2.07. The Morgan fingerprint density at radius 1 is 1.22 bits per heavy atom. The zero-order valence-electron chi connectivity index (χ0n) is 12.9. The highest BCUT2D eigenvalue weighted by Crippen LogP contribution is 2.27. The number of Topliss-reactive ketones (excluding diaryl/α,β-unsaturated/α-hetero) is 1. The number of benzene rings is 1. The molecular weight excluding hydrogens is 312 g/mol. The fraction of sp³-hybridized carbons (Fsp3) is 0.235. The third-order valence-electron chi connectivity index (χ3n) is 3.43. The maximum Gasteiger partial charge on any atom is 0.284 e. The minimum atomic E-state index is -0.313. The van der Waals surface area contributed by atoms with Gasteiger partial charge in [0.1, 0.15) is 0 Å². The van der Waals surface area contributed by atoms with Crippen LogP contribution in [0.25, 0.3) is 11.7 Å². The Kier molecular flexibility index (Phi) is 4.62. The summed E-state index contributed by atoms with van der Waals surface area (Å²) in [7, 11) is 0. The second-order valence-corrected chi connectivity index (χ2v) is 6.32. The van der Waals surface area contributed by atoms with Crippen LogP contribution in [0, 0.1) is 0 Å². The lowest BCUT2D eigenvalue weighted by Crippen LogP contribution is -2.13. The number of nitrogens with zero attached hydrogens (tertiary/aromatic N) is 2. The van der Waals surface area contributed by atoms with E-state index in [1.54, 1.807) is 18.4 Å². The highest BCUT2D eigenvalue weighted by molar-refractivity contribution is 8.00. The summed E-state index contributed by atoms with van der Waals surface area (Å²) in [5, 5.41) is 7.91. The number of aromatic nitrogens is 2. The molecule has 0 saturated carbocycles. The third-order valence-corrected chi connectivity index (χ3v) is 4.37. The topological polar surface area (TPSA) is 69.1 Å². The fourth-order valence-electron chi connectivity index (χ4n) is 2.10. The lowest BCUT2D eigenvalue weighted by molar-refractivity contribution is 0.0993. The van der Waals surface area contributed by atoms with Gasteiger partial charge in [0.2, 0.25) is 0 Å². The number of ketones is 1. The van der Waals surface area contributed by atoms with Gasteiger partial charge in [0.25, 0.3) is 11.1 Å². The highest BCUT2D eigenvalue weighted by Gasteiger charge is 2.20. The van der Waals surface area contributed by atoms with Crippen molar-refractivity contribution in [1.82, 2.24) is 10.2 Å². The summed E-state index contributed by atoms with van der Waals surface area (Å²) in [5.74, 6) is 0.860. The van der Waals surface area contributed by atoms with E-state index < -0.39 is 0 Å². The van der Waals surface area contributed by atoms with Gasteiger partial charge in [0, 0.05) is 5.56 Å². The molecule has 6 heteroatoms. The van der Waals surface area contributed by atoms with Crippen LogP contribution in [0.1, 0.15) is 29.8 Å². The van der Waals surface area contributed by atoms with E-state index in [0.29, 0.717) is 22.4 Å². The molecule has 5 nitrogen and oxygen atoms in total. The molecule has 0 aliphatic carbocycles. The number of furan rings is 1. The number of hydrogen-bond acceptors (Lipinski definition) is 6. The Morgan fingerprint density at radius 3 is 2.65 bits per heavy atom. The summed E-state index contributed by atoms with van der Waals surface area (Å²) in [4.78, 5) is 12.5. The van der Waals surface area contributed by atoms with E-state index in [4.69, 9.17) is 8.83 Å². The molecule has 1 atom stereocenters. The molecule has 3 aromatic rings. The molecule has 0 aliphatic heterocycles. The molecule has 0 saturated heterocycles. The van der Waals surface area contributed by atoms with Crippen LogP contribution in [0.15, 0.2) is 56.7 Å². The molecule has 0 spiro atoms. The van der Waals surface area contributed by atoms with Crippen LogP contribution in [-0.4, -0.2) is 21.2 Å². The van der Waals surface area contributed by atoms with Gasteiger partial charge >= 0.3 is 0 Å². The van der Waals surface area contributed by atoms with Gasteiger partial charge in [-0.25, -0.2) is 0 Å². The summed E-state index contributed by atoms with van der Waals surface area (Å²) in [6.07, 6.45) is 2.49. The zero-order chi connectivity index (χ0) is 16.2. The molecule has 23 heavy (non-hydrogen) atoms. The van der Waals surface area contributed by atoms with Crippen molar-refractivity contribution in [2.45, 2.75) is 30.7 Å². The van der Waals surface area contributed by atoms with Gasteiger partial charge in [0.05, 0.1) is 11.5 Å². The van der Waals surface area contributed by atoms with E-state index in [-0.39, 0.29) is 11.0 Å². The Labute approximate surface area is 138 Å². The number of hydrogen-bond donors (Lipinski definition) is 0. The summed E-state index contributed by atoms with van der Waals surface area (Å²) in [5.41, 5.74) is 1.90. The summed E-state index contributed by atoms with van der Waals surface area (Å²) in [6.45, 7) is 3.92. The van der Waals surface area contributed by atoms with Crippen molar-refractivity contribution in [3.05, 3.63) is 53.8 Å². The Bertz CT molecular complexity index is 779. The second kappa shape index (κ2) is 6.83. The van der Waals surface area contributed by atoms with E-state index >= 15 is 0 Å². The maximum atomic E-state index is 12.5. The largest absolute Gasteiger partial charge is 0.459 e. The molecule has 0 bridgehead atoms. The van der Waals surface area contributed by atoms with Crippen molar-refractivity contribution < 1.29 is 13.6 Å². The van der Waals surface area contributed by atoms with Gasteiger partial charge in [0.15, 0.2) is 11.5 Å². The van der Waals surface area contributed by atoms with Crippen molar-refractivity contribution in [3.8, 4) is 11.7 Å². The summed E-state index contributed by atoms with van der Waals surface area (Å²) >= 11 is 1.24. The molecule has 0 radical (unpaired) electrons.